The van der Waals surface area contributed by atoms with E-state index in [9.17, 15) is 0 Å². The van der Waals surface area contributed by atoms with Gasteiger partial charge in [-0.2, -0.15) is 0 Å². The Balaban J connectivity index is 1.82. The molecule has 0 amide bonds. The van der Waals surface area contributed by atoms with Gasteiger partial charge in [-0.25, -0.2) is 0 Å². The van der Waals surface area contributed by atoms with Gasteiger partial charge in [0.2, 0.25) is 0 Å². The molecule has 0 radical (unpaired) electrons. The molecule has 1 saturated heterocycles. The Morgan fingerprint density at radius 3 is 2.78 bits per heavy atom. The van der Waals surface area contributed by atoms with Crippen molar-refractivity contribution in [1.82, 2.24) is 10.2 Å². The second-order valence-electron chi connectivity index (χ2n) is 6.50. The van der Waals surface area contributed by atoms with Crippen molar-refractivity contribution in [2.24, 2.45) is 10.9 Å². The molecule has 1 aliphatic rings. The van der Waals surface area contributed by atoms with Gasteiger partial charge in [0.15, 0.2) is 5.96 Å². The normalized spacial score (nSPS) is 19.9. The lowest BCUT2D eigenvalue weighted by Gasteiger charge is -2.23. The highest BCUT2D eigenvalue weighted by Crippen LogP contribution is 2.18. The minimum absolute atomic E-state index is 0.467. The molecule has 0 bridgehead atoms. The van der Waals surface area contributed by atoms with Crippen molar-refractivity contribution < 1.29 is 4.74 Å². The van der Waals surface area contributed by atoms with Gasteiger partial charge < -0.3 is 15.0 Å². The van der Waals surface area contributed by atoms with Gasteiger partial charge >= 0.3 is 0 Å². The molecular formula is C19H31N3O. The van der Waals surface area contributed by atoms with Crippen LogP contribution in [0.4, 0.5) is 0 Å². The molecule has 1 fully saturated rings. The Kier molecular flexibility index (Phi) is 6.90. The maximum absolute atomic E-state index is 5.56. The van der Waals surface area contributed by atoms with E-state index in [1.54, 1.807) is 0 Å². The standard InChI is InChI=1S/C19H31N3O/c1-5-23-14-17-10-11-22(13-17)19(20-4)21-12-16(3)18-8-6-15(2)7-9-18/h6-9,16-17H,5,10-14H2,1-4H3,(H,20,21). The largest absolute Gasteiger partial charge is 0.381 e. The van der Waals surface area contributed by atoms with Gasteiger partial charge in [-0.3, -0.25) is 4.99 Å². The summed E-state index contributed by atoms with van der Waals surface area (Å²) in [6.45, 7) is 11.1. The summed E-state index contributed by atoms with van der Waals surface area (Å²) in [5.74, 6) is 2.11. The number of aryl methyl sites for hydroxylation is 1. The summed E-state index contributed by atoms with van der Waals surface area (Å²) < 4.78 is 5.56. The number of rotatable bonds is 6. The summed E-state index contributed by atoms with van der Waals surface area (Å²) in [4.78, 5) is 6.81. The van der Waals surface area contributed by atoms with Crippen LogP contribution in [-0.2, 0) is 4.74 Å². The van der Waals surface area contributed by atoms with E-state index in [1.807, 2.05) is 7.05 Å². The fourth-order valence-corrected chi connectivity index (χ4v) is 3.04. The predicted molar refractivity (Wildman–Crippen MR) is 97.1 cm³/mol. The van der Waals surface area contributed by atoms with Crippen molar-refractivity contribution in [3.63, 3.8) is 0 Å². The lowest BCUT2D eigenvalue weighted by molar-refractivity contribution is 0.114. The molecule has 4 heteroatoms. The van der Waals surface area contributed by atoms with Crippen LogP contribution in [0.25, 0.3) is 0 Å². The van der Waals surface area contributed by atoms with Crippen molar-refractivity contribution in [2.45, 2.75) is 33.1 Å². The van der Waals surface area contributed by atoms with E-state index >= 15 is 0 Å². The Morgan fingerprint density at radius 1 is 1.39 bits per heavy atom. The van der Waals surface area contributed by atoms with Gasteiger partial charge in [-0.15, -0.1) is 0 Å². The second kappa shape index (κ2) is 8.92. The predicted octanol–water partition coefficient (Wildman–Crippen LogP) is 3.03. The first-order valence-electron chi connectivity index (χ1n) is 8.74. The van der Waals surface area contributed by atoms with E-state index < -0.39 is 0 Å². The van der Waals surface area contributed by atoms with Crippen LogP contribution in [-0.4, -0.2) is 50.8 Å². The minimum atomic E-state index is 0.467. The number of ether oxygens (including phenoxy) is 1. The third-order valence-electron chi connectivity index (χ3n) is 4.57. The monoisotopic (exact) mass is 317 g/mol. The number of likely N-dealkylation sites (tertiary alicyclic amines) is 1. The molecule has 0 aromatic heterocycles. The summed E-state index contributed by atoms with van der Waals surface area (Å²) in [6.07, 6.45) is 1.19. The molecule has 1 heterocycles. The van der Waals surface area contributed by atoms with Crippen LogP contribution >= 0.6 is 0 Å². The van der Waals surface area contributed by atoms with Gasteiger partial charge in [-0.1, -0.05) is 36.8 Å². The Labute approximate surface area is 140 Å². The number of hydrogen-bond donors (Lipinski definition) is 1. The van der Waals surface area contributed by atoms with Gasteiger partial charge in [0.1, 0.15) is 0 Å². The zero-order chi connectivity index (χ0) is 16.7. The van der Waals surface area contributed by atoms with Crippen molar-refractivity contribution >= 4 is 5.96 Å². The number of benzene rings is 1. The fourth-order valence-electron chi connectivity index (χ4n) is 3.04. The highest BCUT2D eigenvalue weighted by atomic mass is 16.5. The number of hydrogen-bond acceptors (Lipinski definition) is 2. The molecule has 128 valence electrons. The van der Waals surface area contributed by atoms with Crippen LogP contribution in [0.15, 0.2) is 29.3 Å². The molecule has 1 aromatic rings. The molecule has 2 atom stereocenters. The molecule has 23 heavy (non-hydrogen) atoms. The molecule has 1 aliphatic heterocycles. The number of nitrogens with one attached hydrogen (secondary N) is 1. The molecule has 1 aromatic carbocycles. The lowest BCUT2D eigenvalue weighted by Crippen LogP contribution is -2.41. The Hall–Kier alpha value is -1.55. The van der Waals surface area contributed by atoms with Gasteiger partial charge in [-0.05, 0) is 31.7 Å². The summed E-state index contributed by atoms with van der Waals surface area (Å²) in [5.41, 5.74) is 2.68. The van der Waals surface area contributed by atoms with Gasteiger partial charge in [0.05, 0.1) is 6.61 Å². The van der Waals surface area contributed by atoms with E-state index in [-0.39, 0.29) is 0 Å². The van der Waals surface area contributed by atoms with Crippen LogP contribution in [0.5, 0.6) is 0 Å². The zero-order valence-electron chi connectivity index (χ0n) is 15.0. The maximum atomic E-state index is 5.56. The molecule has 0 spiro atoms. The topological polar surface area (TPSA) is 36.9 Å². The van der Waals surface area contributed by atoms with Crippen LogP contribution in [0, 0.1) is 12.8 Å². The highest BCUT2D eigenvalue weighted by Gasteiger charge is 2.25. The van der Waals surface area contributed by atoms with E-state index in [2.05, 4.69) is 60.2 Å². The highest BCUT2D eigenvalue weighted by molar-refractivity contribution is 5.80. The molecular weight excluding hydrogens is 286 g/mol. The smallest absolute Gasteiger partial charge is 0.193 e. The van der Waals surface area contributed by atoms with E-state index in [0.29, 0.717) is 11.8 Å². The first kappa shape index (κ1) is 17.8. The number of nitrogens with zero attached hydrogens (tertiary/aromatic N) is 2. The molecule has 0 aliphatic carbocycles. The van der Waals surface area contributed by atoms with E-state index in [1.165, 1.54) is 17.5 Å². The summed E-state index contributed by atoms with van der Waals surface area (Å²) >= 11 is 0. The summed E-state index contributed by atoms with van der Waals surface area (Å²) in [5, 5.41) is 3.54. The van der Waals surface area contributed by atoms with Crippen molar-refractivity contribution in [3.05, 3.63) is 35.4 Å². The Bertz CT molecular complexity index is 498. The van der Waals surface area contributed by atoms with Crippen molar-refractivity contribution in [3.8, 4) is 0 Å². The van der Waals surface area contributed by atoms with Gasteiger partial charge in [0, 0.05) is 39.2 Å². The van der Waals surface area contributed by atoms with E-state index in [0.717, 1.165) is 38.8 Å². The fraction of sp³-hybridized carbons (Fsp3) is 0.632. The second-order valence-corrected chi connectivity index (χ2v) is 6.50. The first-order chi connectivity index (χ1) is 11.1. The summed E-state index contributed by atoms with van der Waals surface area (Å²) in [6, 6.07) is 8.80. The third-order valence-corrected chi connectivity index (χ3v) is 4.57. The Morgan fingerprint density at radius 2 is 2.13 bits per heavy atom. The van der Waals surface area contributed by atoms with Crippen LogP contribution in [0.2, 0.25) is 0 Å². The third kappa shape index (κ3) is 5.24. The van der Waals surface area contributed by atoms with Crippen LogP contribution < -0.4 is 5.32 Å². The lowest BCUT2D eigenvalue weighted by atomic mass is 10.0. The van der Waals surface area contributed by atoms with Crippen molar-refractivity contribution in [2.75, 3.05) is 39.9 Å². The first-order valence-corrected chi connectivity index (χ1v) is 8.74. The molecule has 4 nitrogen and oxygen atoms in total. The zero-order valence-corrected chi connectivity index (χ0v) is 15.0. The molecule has 1 N–H and O–H groups in total. The van der Waals surface area contributed by atoms with Crippen molar-refractivity contribution in [1.29, 1.82) is 0 Å². The molecule has 2 unspecified atom stereocenters. The summed E-state index contributed by atoms with van der Waals surface area (Å²) in [7, 11) is 1.87. The molecule has 2 rings (SSSR count). The average molecular weight is 317 g/mol. The van der Waals surface area contributed by atoms with Crippen LogP contribution in [0.3, 0.4) is 0 Å². The SMILES string of the molecule is CCOCC1CCN(C(=NC)NCC(C)c2ccc(C)cc2)C1. The van der Waals surface area contributed by atoms with Gasteiger partial charge in [0.25, 0.3) is 0 Å². The minimum Gasteiger partial charge on any atom is -0.381 e. The van der Waals surface area contributed by atoms with Crippen LogP contribution in [0.1, 0.15) is 37.3 Å². The quantitative estimate of drug-likeness (QED) is 0.647. The number of aliphatic imine (C=N–C) groups is 1. The van der Waals surface area contributed by atoms with E-state index in [4.69, 9.17) is 4.74 Å². The maximum Gasteiger partial charge on any atom is 0.193 e. The number of guanidine groups is 1. The average Bonchev–Trinajstić information content (AvgIpc) is 3.02. The molecule has 0 saturated carbocycles.